The minimum atomic E-state index is -5.08. The zero-order valence-electron chi connectivity index (χ0n) is 20.0. The van der Waals surface area contributed by atoms with Crippen LogP contribution in [0.1, 0.15) is 23.6 Å². The first-order chi connectivity index (χ1) is 17.8. The summed E-state index contributed by atoms with van der Waals surface area (Å²) in [6, 6.07) is 6.84. The van der Waals surface area contributed by atoms with Gasteiger partial charge in [0.1, 0.15) is 5.75 Å². The average Bonchev–Trinajstić information content (AvgIpc) is 2.88. The summed E-state index contributed by atoms with van der Waals surface area (Å²) < 4.78 is 81.3. The van der Waals surface area contributed by atoms with Crippen molar-refractivity contribution < 1.29 is 50.5 Å². The van der Waals surface area contributed by atoms with Crippen molar-refractivity contribution >= 4 is 17.7 Å². The number of nitrogens with zero attached hydrogens (tertiary/aromatic N) is 3. The fourth-order valence-electron chi connectivity index (χ4n) is 3.94. The molecule has 0 bridgehead atoms. The molecular formula is C23H24F6N4O5. The van der Waals surface area contributed by atoms with Crippen LogP contribution in [0, 0.1) is 0 Å². The van der Waals surface area contributed by atoms with Crippen LogP contribution in [0.3, 0.4) is 0 Å². The molecule has 38 heavy (non-hydrogen) atoms. The first-order valence-corrected chi connectivity index (χ1v) is 11.2. The zero-order valence-corrected chi connectivity index (χ0v) is 20.0. The minimum absolute atomic E-state index is 0.0259. The quantitative estimate of drug-likeness (QED) is 0.546. The lowest BCUT2D eigenvalue weighted by Gasteiger charge is -2.41. The van der Waals surface area contributed by atoms with Gasteiger partial charge in [0.05, 0.1) is 31.2 Å². The van der Waals surface area contributed by atoms with E-state index in [9.17, 15) is 31.1 Å². The van der Waals surface area contributed by atoms with E-state index in [1.807, 2.05) is 0 Å². The number of carboxylic acids is 1. The van der Waals surface area contributed by atoms with E-state index in [1.54, 1.807) is 17.0 Å². The van der Waals surface area contributed by atoms with Crippen LogP contribution < -0.4 is 14.8 Å². The maximum Gasteiger partial charge on any atom is 0.490 e. The van der Waals surface area contributed by atoms with E-state index in [0.29, 0.717) is 56.5 Å². The Morgan fingerprint density at radius 1 is 1.08 bits per heavy atom. The Bertz CT molecular complexity index is 1120. The van der Waals surface area contributed by atoms with Crippen LogP contribution in [0.2, 0.25) is 0 Å². The Balaban J connectivity index is 0.000000505. The predicted octanol–water partition coefficient (Wildman–Crippen LogP) is 4.42. The number of nitrogens with one attached hydrogen (secondary N) is 1. The molecule has 208 valence electrons. The molecule has 0 aliphatic carbocycles. The van der Waals surface area contributed by atoms with Crippen molar-refractivity contribution in [1.29, 1.82) is 0 Å². The van der Waals surface area contributed by atoms with E-state index < -0.39 is 23.9 Å². The van der Waals surface area contributed by atoms with Gasteiger partial charge in [-0.1, -0.05) is 6.07 Å². The molecule has 2 aliphatic heterocycles. The Labute approximate surface area is 212 Å². The molecule has 2 amide bonds. The molecule has 1 atom stereocenters. The number of ether oxygens (including phenoxy) is 2. The number of hydrogen-bond acceptors (Lipinski definition) is 6. The average molecular weight is 550 g/mol. The number of aliphatic carboxylic acids is 1. The lowest BCUT2D eigenvalue weighted by atomic mass is 9.96. The molecule has 0 saturated carbocycles. The van der Waals surface area contributed by atoms with Gasteiger partial charge in [-0.15, -0.1) is 0 Å². The number of aromatic nitrogens is 1. The van der Waals surface area contributed by atoms with Crippen LogP contribution in [0.25, 0.3) is 0 Å². The maximum atomic E-state index is 13.0. The number of alkyl halides is 6. The first-order valence-electron chi connectivity index (χ1n) is 11.2. The monoisotopic (exact) mass is 550 g/mol. The normalized spacial score (nSPS) is 17.9. The Hall–Kier alpha value is -3.75. The summed E-state index contributed by atoms with van der Waals surface area (Å²) in [5.41, 5.74) is 0.634. The Morgan fingerprint density at radius 2 is 1.74 bits per heavy atom. The number of amides is 2. The number of halogens is 6. The molecule has 1 aromatic heterocycles. The largest absolute Gasteiger partial charge is 0.493 e. The van der Waals surface area contributed by atoms with Crippen molar-refractivity contribution in [2.45, 2.75) is 24.8 Å². The molecule has 1 fully saturated rings. The van der Waals surface area contributed by atoms with Crippen molar-refractivity contribution in [2.75, 3.05) is 45.2 Å². The molecule has 1 unspecified atom stereocenters. The zero-order chi connectivity index (χ0) is 28.1. The standard InChI is InChI=1S/C21H23F3N4O3.C2HF3O2/c1-30-19-5-3-15(13-25-19)26-20(29)28-9-7-27(8-10-28)17-6-11-31-18-12-14(21(22,23)24)2-4-16(17)18;3-2(4,5)1(6)7/h2-5,12-13,17H,6-11H2,1H3,(H,26,29);(H,6,7). The Kier molecular flexibility index (Phi) is 8.91. The molecule has 15 heteroatoms. The number of carboxylic acid groups (broad SMARTS) is 1. The smallest absolute Gasteiger partial charge is 0.490 e. The van der Waals surface area contributed by atoms with Crippen molar-refractivity contribution in [3.05, 3.63) is 47.7 Å². The summed E-state index contributed by atoms with van der Waals surface area (Å²) in [5.74, 6) is -2.00. The van der Waals surface area contributed by atoms with Crippen molar-refractivity contribution in [1.82, 2.24) is 14.8 Å². The van der Waals surface area contributed by atoms with Gasteiger partial charge in [0.15, 0.2) is 0 Å². The number of benzene rings is 1. The van der Waals surface area contributed by atoms with E-state index in [4.69, 9.17) is 19.4 Å². The van der Waals surface area contributed by atoms with Gasteiger partial charge in [-0.2, -0.15) is 26.3 Å². The molecule has 4 rings (SSSR count). The van der Waals surface area contributed by atoms with Crippen LogP contribution in [0.4, 0.5) is 36.8 Å². The number of pyridine rings is 1. The number of methoxy groups -OCH3 is 1. The SMILES string of the molecule is COc1ccc(NC(=O)N2CCN(C3CCOc4cc(C(F)(F)F)ccc43)CC2)cn1.O=C(O)C(F)(F)F. The van der Waals surface area contributed by atoms with Crippen LogP contribution >= 0.6 is 0 Å². The van der Waals surface area contributed by atoms with E-state index >= 15 is 0 Å². The summed E-state index contributed by atoms with van der Waals surface area (Å²) >= 11 is 0. The third-order valence-corrected chi connectivity index (χ3v) is 5.83. The first kappa shape index (κ1) is 28.8. The molecule has 2 aliphatic rings. The molecule has 2 aromatic rings. The van der Waals surface area contributed by atoms with E-state index in [-0.39, 0.29) is 12.1 Å². The van der Waals surface area contributed by atoms with Gasteiger partial charge in [0, 0.05) is 50.3 Å². The second-order valence-electron chi connectivity index (χ2n) is 8.25. The maximum absolute atomic E-state index is 13.0. The summed E-state index contributed by atoms with van der Waals surface area (Å²) in [6.45, 7) is 2.65. The number of anilines is 1. The third-order valence-electron chi connectivity index (χ3n) is 5.83. The van der Waals surface area contributed by atoms with Gasteiger partial charge in [-0.05, 0) is 18.2 Å². The van der Waals surface area contributed by atoms with Crippen LogP contribution in [-0.4, -0.2) is 78.0 Å². The van der Waals surface area contributed by atoms with Gasteiger partial charge in [-0.3, -0.25) is 4.90 Å². The van der Waals surface area contributed by atoms with Gasteiger partial charge >= 0.3 is 24.4 Å². The highest BCUT2D eigenvalue weighted by Crippen LogP contribution is 2.40. The molecule has 0 spiro atoms. The molecule has 3 heterocycles. The third kappa shape index (κ3) is 7.40. The molecule has 9 nitrogen and oxygen atoms in total. The fraction of sp³-hybridized carbons (Fsp3) is 0.435. The lowest BCUT2D eigenvalue weighted by molar-refractivity contribution is -0.192. The summed E-state index contributed by atoms with van der Waals surface area (Å²) in [6.07, 6.45) is -7.26. The number of carbonyl (C=O) groups is 2. The number of carbonyl (C=O) groups excluding carboxylic acids is 1. The lowest BCUT2D eigenvalue weighted by Crippen LogP contribution is -2.51. The summed E-state index contributed by atoms with van der Waals surface area (Å²) in [4.78, 5) is 29.4. The molecule has 1 aromatic carbocycles. The molecule has 2 N–H and O–H groups in total. The fourth-order valence-corrected chi connectivity index (χ4v) is 3.94. The predicted molar refractivity (Wildman–Crippen MR) is 121 cm³/mol. The number of hydrogen-bond donors (Lipinski definition) is 2. The topological polar surface area (TPSA) is 104 Å². The van der Waals surface area contributed by atoms with Gasteiger partial charge in [0.25, 0.3) is 0 Å². The van der Waals surface area contributed by atoms with Crippen LogP contribution in [0.5, 0.6) is 11.6 Å². The highest BCUT2D eigenvalue weighted by atomic mass is 19.4. The minimum Gasteiger partial charge on any atom is -0.493 e. The summed E-state index contributed by atoms with van der Waals surface area (Å²) in [5, 5.41) is 9.94. The van der Waals surface area contributed by atoms with Crippen LogP contribution in [-0.2, 0) is 11.0 Å². The second-order valence-corrected chi connectivity index (χ2v) is 8.25. The number of fused-ring (bicyclic) bond motifs is 1. The summed E-state index contributed by atoms with van der Waals surface area (Å²) in [7, 11) is 1.52. The number of piperazine rings is 1. The molecular weight excluding hydrogens is 526 g/mol. The second kappa shape index (κ2) is 11.8. The highest BCUT2D eigenvalue weighted by Gasteiger charge is 2.38. The number of urea groups is 1. The molecule has 0 radical (unpaired) electrons. The van der Waals surface area contributed by atoms with E-state index in [2.05, 4.69) is 15.2 Å². The van der Waals surface area contributed by atoms with Gasteiger partial charge < -0.3 is 24.8 Å². The van der Waals surface area contributed by atoms with E-state index in [1.165, 1.54) is 19.4 Å². The van der Waals surface area contributed by atoms with Crippen molar-refractivity contribution in [3.63, 3.8) is 0 Å². The van der Waals surface area contributed by atoms with Gasteiger partial charge in [0.2, 0.25) is 5.88 Å². The van der Waals surface area contributed by atoms with Gasteiger partial charge in [-0.25, -0.2) is 14.6 Å². The number of rotatable bonds is 3. The van der Waals surface area contributed by atoms with Crippen molar-refractivity contribution in [3.8, 4) is 11.6 Å². The Morgan fingerprint density at radius 3 is 2.26 bits per heavy atom. The van der Waals surface area contributed by atoms with Crippen molar-refractivity contribution in [2.24, 2.45) is 0 Å². The van der Waals surface area contributed by atoms with Crippen LogP contribution in [0.15, 0.2) is 36.5 Å². The highest BCUT2D eigenvalue weighted by molar-refractivity contribution is 5.89. The molecule has 1 saturated heterocycles. The van der Waals surface area contributed by atoms with E-state index in [0.717, 1.165) is 17.7 Å².